The first-order valence-electron chi connectivity index (χ1n) is 11.9. The zero-order valence-electron chi connectivity index (χ0n) is 19.6. The second-order valence-corrected chi connectivity index (χ2v) is 10.5. The molecular weight excluding hydrogens is 466 g/mol. The van der Waals surface area contributed by atoms with Gasteiger partial charge in [-0.3, -0.25) is 4.72 Å². The number of hydrogen-bond acceptors (Lipinski definition) is 8. The second kappa shape index (κ2) is 9.99. The molecule has 1 aliphatic heterocycles. The highest BCUT2D eigenvalue weighted by Gasteiger charge is 2.20. The molecule has 0 amide bonds. The van der Waals surface area contributed by atoms with Crippen LogP contribution in [-0.4, -0.2) is 37.6 Å². The van der Waals surface area contributed by atoms with Gasteiger partial charge in [-0.1, -0.05) is 19.3 Å². The summed E-state index contributed by atoms with van der Waals surface area (Å²) in [7, 11) is -3.78. The molecule has 0 bridgehead atoms. The Hall–Kier alpha value is -3.53. The van der Waals surface area contributed by atoms with Crippen LogP contribution in [0.4, 0.5) is 23.0 Å². The molecule has 35 heavy (non-hydrogen) atoms. The van der Waals surface area contributed by atoms with Crippen LogP contribution in [0.1, 0.15) is 37.9 Å². The van der Waals surface area contributed by atoms with Gasteiger partial charge in [-0.05, 0) is 56.2 Å². The van der Waals surface area contributed by atoms with Gasteiger partial charge in [0.25, 0.3) is 10.0 Å². The predicted molar refractivity (Wildman–Crippen MR) is 135 cm³/mol. The normalized spacial score (nSPS) is 15.9. The number of aromatic nitrogens is 2. The number of sulfonamides is 1. The lowest BCUT2D eigenvalue weighted by Gasteiger charge is -2.23. The van der Waals surface area contributed by atoms with Crippen molar-refractivity contribution >= 4 is 33.0 Å². The number of rotatable bonds is 7. The van der Waals surface area contributed by atoms with Crippen LogP contribution in [0.25, 0.3) is 0 Å². The number of aryl methyl sites for hydroxylation is 1. The number of anilines is 4. The molecule has 0 atom stereocenters. The van der Waals surface area contributed by atoms with Crippen molar-refractivity contribution in [1.29, 1.82) is 0 Å². The summed E-state index contributed by atoms with van der Waals surface area (Å²) in [6.07, 6.45) is 6.12. The summed E-state index contributed by atoms with van der Waals surface area (Å²) in [4.78, 5) is 9.12. The molecular formula is C25H29N5O4S. The van der Waals surface area contributed by atoms with Gasteiger partial charge in [0.1, 0.15) is 30.7 Å². The Balaban J connectivity index is 1.25. The first-order valence-corrected chi connectivity index (χ1v) is 13.3. The van der Waals surface area contributed by atoms with Gasteiger partial charge >= 0.3 is 0 Å². The molecule has 1 fully saturated rings. The van der Waals surface area contributed by atoms with E-state index in [0.29, 0.717) is 48.1 Å². The molecule has 0 unspecified atom stereocenters. The van der Waals surface area contributed by atoms with Gasteiger partial charge in [0, 0.05) is 29.5 Å². The molecule has 1 aliphatic carbocycles. The molecule has 2 heterocycles. The number of ether oxygens (including phenoxy) is 2. The Morgan fingerprint density at radius 2 is 1.51 bits per heavy atom. The van der Waals surface area contributed by atoms with Crippen LogP contribution < -0.4 is 24.8 Å². The summed E-state index contributed by atoms with van der Waals surface area (Å²) < 4.78 is 39.3. The molecule has 2 aromatic carbocycles. The lowest BCUT2D eigenvalue weighted by atomic mass is 9.95. The van der Waals surface area contributed by atoms with Crippen molar-refractivity contribution in [3.8, 4) is 11.5 Å². The maximum Gasteiger partial charge on any atom is 0.262 e. The average Bonchev–Trinajstić information content (AvgIpc) is 2.85. The molecule has 0 spiro atoms. The highest BCUT2D eigenvalue weighted by Crippen LogP contribution is 2.33. The molecule has 3 aromatic rings. The van der Waals surface area contributed by atoms with E-state index in [9.17, 15) is 8.42 Å². The summed E-state index contributed by atoms with van der Waals surface area (Å²) in [5.74, 6) is 3.15. The Labute approximate surface area is 205 Å². The molecule has 1 saturated carbocycles. The van der Waals surface area contributed by atoms with Gasteiger partial charge in [0.15, 0.2) is 11.5 Å². The van der Waals surface area contributed by atoms with Crippen molar-refractivity contribution in [3.63, 3.8) is 0 Å². The smallest absolute Gasteiger partial charge is 0.262 e. The van der Waals surface area contributed by atoms with E-state index < -0.39 is 10.0 Å². The number of benzene rings is 2. The molecule has 3 N–H and O–H groups in total. The van der Waals surface area contributed by atoms with Gasteiger partial charge in [0.05, 0.1) is 4.90 Å². The van der Waals surface area contributed by atoms with Crippen molar-refractivity contribution in [3.05, 3.63) is 54.4 Å². The topological polar surface area (TPSA) is 114 Å². The lowest BCUT2D eigenvalue weighted by molar-refractivity contribution is 0.171. The second-order valence-electron chi connectivity index (χ2n) is 8.78. The van der Waals surface area contributed by atoms with E-state index in [-0.39, 0.29) is 4.90 Å². The molecule has 0 radical (unpaired) electrons. The van der Waals surface area contributed by atoms with Gasteiger partial charge < -0.3 is 20.1 Å². The predicted octanol–water partition coefficient (Wildman–Crippen LogP) is 4.85. The van der Waals surface area contributed by atoms with Crippen molar-refractivity contribution in [1.82, 2.24) is 9.97 Å². The van der Waals surface area contributed by atoms with E-state index in [0.717, 1.165) is 24.3 Å². The van der Waals surface area contributed by atoms with E-state index in [1.165, 1.54) is 31.4 Å². The van der Waals surface area contributed by atoms with Crippen LogP contribution in [-0.2, 0) is 10.0 Å². The Morgan fingerprint density at radius 3 is 2.29 bits per heavy atom. The lowest BCUT2D eigenvalue weighted by Crippen LogP contribution is -2.23. The highest BCUT2D eigenvalue weighted by atomic mass is 32.2. The van der Waals surface area contributed by atoms with Crippen molar-refractivity contribution in [2.45, 2.75) is 50.0 Å². The third-order valence-corrected chi connectivity index (χ3v) is 7.41. The Bertz CT molecular complexity index is 1290. The number of nitrogens with one attached hydrogen (secondary N) is 3. The van der Waals surface area contributed by atoms with E-state index in [1.54, 1.807) is 30.3 Å². The van der Waals surface area contributed by atoms with Crippen LogP contribution in [0.15, 0.2) is 53.4 Å². The summed E-state index contributed by atoms with van der Waals surface area (Å²) in [6, 6.07) is 13.9. The van der Waals surface area contributed by atoms with Crippen LogP contribution in [0.5, 0.6) is 11.5 Å². The van der Waals surface area contributed by atoms with Gasteiger partial charge in [-0.25, -0.2) is 18.4 Å². The van der Waals surface area contributed by atoms with Crippen LogP contribution in [0, 0.1) is 6.92 Å². The van der Waals surface area contributed by atoms with Crippen LogP contribution >= 0.6 is 0 Å². The first kappa shape index (κ1) is 23.2. The Kier molecular flexibility index (Phi) is 6.63. The number of nitrogens with zero attached hydrogens (tertiary/aromatic N) is 2. The minimum Gasteiger partial charge on any atom is -0.486 e. The maximum absolute atomic E-state index is 12.9. The standard InChI is InChI=1S/C25H29N5O4S/c1-17-26-24(28-18-5-3-2-4-6-18)16-25(27-17)29-19-7-9-20(10-8-19)30-35(31,32)21-11-12-22-23(15-21)34-14-13-33-22/h7-12,15-16,18,30H,2-6,13-14H2,1H3,(H2,26,27,28,29). The van der Waals surface area contributed by atoms with E-state index in [1.807, 2.05) is 13.0 Å². The van der Waals surface area contributed by atoms with E-state index in [4.69, 9.17) is 9.47 Å². The molecule has 2 aliphatic rings. The number of fused-ring (bicyclic) bond motifs is 1. The van der Waals surface area contributed by atoms with Gasteiger partial charge in [0.2, 0.25) is 0 Å². The fourth-order valence-corrected chi connectivity index (χ4v) is 5.41. The molecule has 1 aromatic heterocycles. The third kappa shape index (κ3) is 5.76. The van der Waals surface area contributed by atoms with E-state index >= 15 is 0 Å². The summed E-state index contributed by atoms with van der Waals surface area (Å²) in [6.45, 7) is 2.71. The van der Waals surface area contributed by atoms with Gasteiger partial charge in [-0.15, -0.1) is 0 Å². The van der Waals surface area contributed by atoms with Crippen LogP contribution in [0.3, 0.4) is 0 Å². The minimum absolute atomic E-state index is 0.110. The highest BCUT2D eigenvalue weighted by molar-refractivity contribution is 7.92. The molecule has 0 saturated heterocycles. The third-order valence-electron chi connectivity index (χ3n) is 6.03. The summed E-state index contributed by atoms with van der Waals surface area (Å²) in [5, 5.41) is 6.81. The molecule has 10 heteroatoms. The Morgan fingerprint density at radius 1 is 0.829 bits per heavy atom. The van der Waals surface area contributed by atoms with Crippen molar-refractivity contribution in [2.75, 3.05) is 28.6 Å². The summed E-state index contributed by atoms with van der Waals surface area (Å²) in [5.41, 5.74) is 1.23. The monoisotopic (exact) mass is 495 g/mol. The molecule has 9 nitrogen and oxygen atoms in total. The first-order chi connectivity index (χ1) is 16.9. The number of hydrogen-bond donors (Lipinski definition) is 3. The zero-order chi connectivity index (χ0) is 24.3. The zero-order valence-corrected chi connectivity index (χ0v) is 20.4. The minimum atomic E-state index is -3.78. The fourth-order valence-electron chi connectivity index (χ4n) is 4.34. The summed E-state index contributed by atoms with van der Waals surface area (Å²) >= 11 is 0. The van der Waals surface area contributed by atoms with Crippen LogP contribution in [0.2, 0.25) is 0 Å². The van der Waals surface area contributed by atoms with E-state index in [2.05, 4.69) is 25.3 Å². The van der Waals surface area contributed by atoms with Crippen molar-refractivity contribution < 1.29 is 17.9 Å². The largest absolute Gasteiger partial charge is 0.486 e. The molecule has 5 rings (SSSR count). The quantitative estimate of drug-likeness (QED) is 0.426. The fraction of sp³-hybridized carbons (Fsp3) is 0.360. The molecule has 184 valence electrons. The van der Waals surface area contributed by atoms with Gasteiger partial charge in [-0.2, -0.15) is 0 Å². The average molecular weight is 496 g/mol. The van der Waals surface area contributed by atoms with Crippen molar-refractivity contribution in [2.24, 2.45) is 0 Å². The maximum atomic E-state index is 12.9. The SMILES string of the molecule is Cc1nc(Nc2ccc(NS(=O)(=O)c3ccc4c(c3)OCCO4)cc2)cc(NC2CCCCC2)n1.